The number of likely N-dealkylation sites (tertiary alicyclic amines) is 1. The number of amides is 3. The molecule has 2 N–H and O–H groups in total. The van der Waals surface area contributed by atoms with Gasteiger partial charge in [-0.05, 0) is 55.7 Å². The van der Waals surface area contributed by atoms with Crippen LogP contribution in [0.1, 0.15) is 28.0 Å². The first-order chi connectivity index (χ1) is 12.0. The molecule has 3 rings (SSSR count). The lowest BCUT2D eigenvalue weighted by atomic mass is 10.1. The number of pyridine rings is 1. The zero-order valence-electron chi connectivity index (χ0n) is 14.5. The zero-order chi connectivity index (χ0) is 17.8. The van der Waals surface area contributed by atoms with Gasteiger partial charge in [-0.1, -0.05) is 12.1 Å². The molecular formula is C19H22N4O2. The van der Waals surface area contributed by atoms with E-state index in [0.717, 1.165) is 23.2 Å². The van der Waals surface area contributed by atoms with Gasteiger partial charge < -0.3 is 15.5 Å². The monoisotopic (exact) mass is 338 g/mol. The highest BCUT2D eigenvalue weighted by Gasteiger charge is 2.28. The number of benzene rings is 1. The standard InChI is InChI=1S/C19H22N4O2/c1-13-9-14(2)11-16(10-13)22-19(25)21-15-6-8-23(12-15)18(24)17-5-3-4-7-20-17/h3-5,7,9-11,15H,6,8,12H2,1-2H3,(H2,21,22,25)/t15-/m1/s1. The van der Waals surface area contributed by atoms with E-state index in [2.05, 4.69) is 21.7 Å². The van der Waals surface area contributed by atoms with Crippen molar-refractivity contribution in [1.29, 1.82) is 0 Å². The molecule has 0 bridgehead atoms. The zero-order valence-corrected chi connectivity index (χ0v) is 14.5. The number of nitrogens with one attached hydrogen (secondary N) is 2. The minimum atomic E-state index is -0.248. The summed E-state index contributed by atoms with van der Waals surface area (Å²) in [6, 6.07) is 10.9. The summed E-state index contributed by atoms with van der Waals surface area (Å²) in [7, 11) is 0. The van der Waals surface area contributed by atoms with Crippen LogP contribution in [-0.4, -0.2) is 41.0 Å². The topological polar surface area (TPSA) is 74.3 Å². The molecule has 0 saturated carbocycles. The van der Waals surface area contributed by atoms with Gasteiger partial charge in [0.25, 0.3) is 5.91 Å². The number of hydrogen-bond donors (Lipinski definition) is 2. The van der Waals surface area contributed by atoms with E-state index >= 15 is 0 Å². The molecule has 25 heavy (non-hydrogen) atoms. The SMILES string of the molecule is Cc1cc(C)cc(NC(=O)N[C@@H]2CCN(C(=O)c3ccccn3)C2)c1. The van der Waals surface area contributed by atoms with Crippen molar-refractivity contribution >= 4 is 17.6 Å². The number of aryl methyl sites for hydroxylation is 2. The van der Waals surface area contributed by atoms with E-state index in [1.54, 1.807) is 29.3 Å². The summed E-state index contributed by atoms with van der Waals surface area (Å²) in [6.07, 6.45) is 2.34. The van der Waals surface area contributed by atoms with E-state index in [1.165, 1.54) is 0 Å². The lowest BCUT2D eigenvalue weighted by Gasteiger charge is -2.17. The average molecular weight is 338 g/mol. The van der Waals surface area contributed by atoms with E-state index in [9.17, 15) is 9.59 Å². The van der Waals surface area contributed by atoms with Crippen LogP contribution < -0.4 is 10.6 Å². The molecule has 0 radical (unpaired) electrons. The van der Waals surface area contributed by atoms with Gasteiger partial charge in [0.2, 0.25) is 0 Å². The Kier molecular flexibility index (Phi) is 4.97. The van der Waals surface area contributed by atoms with Crippen LogP contribution >= 0.6 is 0 Å². The lowest BCUT2D eigenvalue weighted by Crippen LogP contribution is -2.40. The van der Waals surface area contributed by atoms with Gasteiger partial charge in [-0.2, -0.15) is 0 Å². The number of urea groups is 1. The van der Waals surface area contributed by atoms with Crippen LogP contribution in [0.15, 0.2) is 42.6 Å². The first-order valence-corrected chi connectivity index (χ1v) is 8.37. The van der Waals surface area contributed by atoms with Crippen molar-refractivity contribution in [3.8, 4) is 0 Å². The van der Waals surface area contributed by atoms with E-state index in [0.29, 0.717) is 18.8 Å². The van der Waals surface area contributed by atoms with Crippen LogP contribution in [0.3, 0.4) is 0 Å². The number of nitrogens with zero attached hydrogens (tertiary/aromatic N) is 2. The maximum Gasteiger partial charge on any atom is 0.319 e. The summed E-state index contributed by atoms with van der Waals surface area (Å²) in [5.74, 6) is -0.0976. The number of carbonyl (C=O) groups excluding carboxylic acids is 2. The fourth-order valence-corrected chi connectivity index (χ4v) is 3.11. The van der Waals surface area contributed by atoms with Crippen molar-refractivity contribution in [3.05, 3.63) is 59.4 Å². The molecule has 130 valence electrons. The Morgan fingerprint density at radius 1 is 1.16 bits per heavy atom. The summed E-state index contributed by atoms with van der Waals surface area (Å²) in [5.41, 5.74) is 3.41. The Balaban J connectivity index is 1.54. The quantitative estimate of drug-likeness (QED) is 0.904. The van der Waals surface area contributed by atoms with Gasteiger partial charge in [-0.3, -0.25) is 9.78 Å². The summed E-state index contributed by atoms with van der Waals surface area (Å²) < 4.78 is 0. The molecular weight excluding hydrogens is 316 g/mol. The van der Waals surface area contributed by atoms with E-state index < -0.39 is 0 Å². The molecule has 1 aliphatic rings. The average Bonchev–Trinajstić information content (AvgIpc) is 3.02. The van der Waals surface area contributed by atoms with Crippen LogP contribution in [0.2, 0.25) is 0 Å². The maximum absolute atomic E-state index is 12.4. The van der Waals surface area contributed by atoms with Crippen LogP contribution in [0.5, 0.6) is 0 Å². The van der Waals surface area contributed by atoms with E-state index in [4.69, 9.17) is 0 Å². The first-order valence-electron chi connectivity index (χ1n) is 8.37. The largest absolute Gasteiger partial charge is 0.335 e. The van der Waals surface area contributed by atoms with Crippen molar-refractivity contribution < 1.29 is 9.59 Å². The molecule has 0 unspecified atom stereocenters. The molecule has 1 saturated heterocycles. The molecule has 6 heteroatoms. The van der Waals surface area contributed by atoms with Gasteiger partial charge >= 0.3 is 6.03 Å². The van der Waals surface area contributed by atoms with Gasteiger partial charge in [0.15, 0.2) is 0 Å². The van der Waals surface area contributed by atoms with Crippen molar-refractivity contribution in [2.45, 2.75) is 26.3 Å². The Morgan fingerprint density at radius 3 is 2.60 bits per heavy atom. The van der Waals surface area contributed by atoms with Crippen LogP contribution in [-0.2, 0) is 0 Å². The molecule has 2 aromatic rings. The van der Waals surface area contributed by atoms with Crippen LogP contribution in [0.25, 0.3) is 0 Å². The third-order valence-electron chi connectivity index (χ3n) is 4.17. The summed E-state index contributed by atoms with van der Waals surface area (Å²) in [6.45, 7) is 5.10. The maximum atomic E-state index is 12.4. The minimum absolute atomic E-state index is 0.0569. The first kappa shape index (κ1) is 17.0. The fraction of sp³-hybridized carbons (Fsp3) is 0.316. The second kappa shape index (κ2) is 7.34. The number of anilines is 1. The molecule has 3 amide bonds. The number of aromatic nitrogens is 1. The second-order valence-electron chi connectivity index (χ2n) is 6.43. The molecule has 6 nitrogen and oxygen atoms in total. The van der Waals surface area contributed by atoms with Gasteiger partial charge in [0.1, 0.15) is 5.69 Å². The summed E-state index contributed by atoms with van der Waals surface area (Å²) >= 11 is 0. The summed E-state index contributed by atoms with van der Waals surface area (Å²) in [5, 5.41) is 5.80. The van der Waals surface area contributed by atoms with Crippen molar-refractivity contribution in [1.82, 2.24) is 15.2 Å². The van der Waals surface area contributed by atoms with Gasteiger partial charge in [-0.25, -0.2) is 4.79 Å². The van der Waals surface area contributed by atoms with Gasteiger partial charge in [-0.15, -0.1) is 0 Å². The van der Waals surface area contributed by atoms with E-state index in [-0.39, 0.29) is 18.0 Å². The van der Waals surface area contributed by atoms with Crippen molar-refractivity contribution in [2.75, 3.05) is 18.4 Å². The minimum Gasteiger partial charge on any atom is -0.335 e. The van der Waals surface area contributed by atoms with Crippen LogP contribution in [0, 0.1) is 13.8 Å². The highest BCUT2D eigenvalue weighted by Crippen LogP contribution is 2.15. The molecule has 0 aliphatic carbocycles. The van der Waals surface area contributed by atoms with Crippen molar-refractivity contribution in [2.24, 2.45) is 0 Å². The lowest BCUT2D eigenvalue weighted by molar-refractivity contribution is 0.0783. The normalized spacial score (nSPS) is 16.6. The predicted octanol–water partition coefficient (Wildman–Crippen LogP) is 2.73. The number of carbonyl (C=O) groups is 2. The van der Waals surface area contributed by atoms with E-state index in [1.807, 2.05) is 26.0 Å². The second-order valence-corrected chi connectivity index (χ2v) is 6.43. The molecule has 1 atom stereocenters. The molecule has 1 aromatic carbocycles. The third kappa shape index (κ3) is 4.35. The predicted molar refractivity (Wildman–Crippen MR) is 96.6 cm³/mol. The Hall–Kier alpha value is -2.89. The highest BCUT2D eigenvalue weighted by molar-refractivity contribution is 5.93. The van der Waals surface area contributed by atoms with Gasteiger partial charge in [0, 0.05) is 31.0 Å². The van der Waals surface area contributed by atoms with Crippen LogP contribution in [0.4, 0.5) is 10.5 Å². The molecule has 1 aliphatic heterocycles. The van der Waals surface area contributed by atoms with Gasteiger partial charge in [0.05, 0.1) is 0 Å². The Morgan fingerprint density at radius 2 is 1.92 bits per heavy atom. The summed E-state index contributed by atoms with van der Waals surface area (Å²) in [4.78, 5) is 30.4. The molecule has 2 heterocycles. The molecule has 1 fully saturated rings. The van der Waals surface area contributed by atoms with Crippen molar-refractivity contribution in [3.63, 3.8) is 0 Å². The number of rotatable bonds is 3. The number of hydrogen-bond acceptors (Lipinski definition) is 3. The highest BCUT2D eigenvalue weighted by atomic mass is 16.2. The Bertz CT molecular complexity index is 756. The Labute approximate surface area is 147 Å². The fourth-order valence-electron chi connectivity index (χ4n) is 3.11. The third-order valence-corrected chi connectivity index (χ3v) is 4.17. The smallest absolute Gasteiger partial charge is 0.319 e. The molecule has 0 spiro atoms. The molecule has 1 aromatic heterocycles.